The molecule has 2 rings (SSSR count). The summed E-state index contributed by atoms with van der Waals surface area (Å²) >= 11 is 0. The maximum atomic E-state index is 12.8. The van der Waals surface area contributed by atoms with Gasteiger partial charge in [0.1, 0.15) is 19.0 Å². The van der Waals surface area contributed by atoms with Crippen LogP contribution in [-0.4, -0.2) is 72.3 Å². The lowest BCUT2D eigenvalue weighted by molar-refractivity contribution is -0.150. The van der Waals surface area contributed by atoms with Crippen molar-refractivity contribution >= 4 is 23.6 Å². The summed E-state index contributed by atoms with van der Waals surface area (Å²) in [5.41, 5.74) is 0.924. The molecular formula is C28H42N2O6. The van der Waals surface area contributed by atoms with Gasteiger partial charge in [0.25, 0.3) is 0 Å². The van der Waals surface area contributed by atoms with Crippen molar-refractivity contribution in [3.8, 4) is 0 Å². The van der Waals surface area contributed by atoms with Crippen LogP contribution in [0.4, 0.5) is 0 Å². The van der Waals surface area contributed by atoms with Crippen LogP contribution < -0.4 is 0 Å². The van der Waals surface area contributed by atoms with Gasteiger partial charge >= 0.3 is 11.9 Å². The Hall–Kier alpha value is -2.74. The van der Waals surface area contributed by atoms with Gasteiger partial charge in [-0.15, -0.1) is 0 Å². The zero-order valence-corrected chi connectivity index (χ0v) is 22.1. The van der Waals surface area contributed by atoms with Crippen LogP contribution in [0.1, 0.15) is 71.3 Å². The Bertz CT molecular complexity index is 842. The number of hydrogen-bond acceptors (Lipinski definition) is 7. The maximum Gasteiger partial charge on any atom is 0.308 e. The third-order valence-corrected chi connectivity index (χ3v) is 6.30. The zero-order chi connectivity index (χ0) is 26.3. The molecule has 1 atom stereocenters. The van der Waals surface area contributed by atoms with Gasteiger partial charge in [0, 0.05) is 38.9 Å². The fraction of sp³-hybridized carbons (Fsp3) is 0.643. The van der Waals surface area contributed by atoms with Gasteiger partial charge in [-0.1, -0.05) is 63.9 Å². The summed E-state index contributed by atoms with van der Waals surface area (Å²) in [5, 5.41) is 0. The second kappa shape index (κ2) is 16.1. The van der Waals surface area contributed by atoms with E-state index in [1.54, 1.807) is 18.7 Å². The number of ketones is 1. The molecule has 1 saturated heterocycles. The van der Waals surface area contributed by atoms with E-state index < -0.39 is 0 Å². The van der Waals surface area contributed by atoms with Crippen LogP contribution in [0.25, 0.3) is 0 Å². The molecule has 0 saturated carbocycles. The number of hydrogen-bond donors (Lipinski definition) is 0. The molecule has 1 fully saturated rings. The number of nitrogens with zero attached hydrogens (tertiary/aromatic N) is 2. The summed E-state index contributed by atoms with van der Waals surface area (Å²) in [6.07, 6.45) is 4.36. The normalized spacial score (nSPS) is 16.1. The number of rotatable bonds is 15. The van der Waals surface area contributed by atoms with Crippen molar-refractivity contribution in [2.24, 2.45) is 5.92 Å². The molecule has 200 valence electrons. The van der Waals surface area contributed by atoms with E-state index in [9.17, 15) is 19.2 Å². The highest BCUT2D eigenvalue weighted by molar-refractivity contribution is 5.80. The molecule has 0 aromatic heterocycles. The molecular weight excluding hydrogens is 460 g/mol. The van der Waals surface area contributed by atoms with Crippen molar-refractivity contribution in [3.63, 3.8) is 0 Å². The average molecular weight is 503 g/mol. The van der Waals surface area contributed by atoms with E-state index in [4.69, 9.17) is 9.47 Å². The maximum absolute atomic E-state index is 12.8. The van der Waals surface area contributed by atoms with Gasteiger partial charge in [-0.3, -0.25) is 24.1 Å². The van der Waals surface area contributed by atoms with Gasteiger partial charge in [-0.05, 0) is 18.4 Å². The smallest absolute Gasteiger partial charge is 0.308 e. The molecule has 36 heavy (non-hydrogen) atoms. The summed E-state index contributed by atoms with van der Waals surface area (Å²) in [5.74, 6) is -0.715. The van der Waals surface area contributed by atoms with Gasteiger partial charge in [0.15, 0.2) is 0 Å². The molecule has 1 aliphatic heterocycles. The van der Waals surface area contributed by atoms with Crippen molar-refractivity contribution in [2.75, 3.05) is 32.8 Å². The summed E-state index contributed by atoms with van der Waals surface area (Å²) in [6, 6.07) is 9.24. The average Bonchev–Trinajstić information content (AvgIpc) is 2.87. The fourth-order valence-electron chi connectivity index (χ4n) is 4.06. The number of carbonyl (C=O) groups excluding carboxylic acids is 4. The molecule has 1 amide bonds. The standard InChI is InChI=1S/C28H42N2O6/c1-4-5-7-13-25(31)19-29-16-17-30(18-24(29)21-36-28(34)22(2)3)26(32)14-10-15-27(33)35-20-23-11-8-6-9-12-23/h6,8-9,11-12,22,24H,4-5,7,10,13-21H2,1-3H3. The van der Waals surface area contributed by atoms with Crippen molar-refractivity contribution in [1.29, 1.82) is 0 Å². The minimum atomic E-state index is -0.323. The van der Waals surface area contributed by atoms with Gasteiger partial charge in [0.05, 0.1) is 18.5 Å². The minimum Gasteiger partial charge on any atom is -0.464 e. The summed E-state index contributed by atoms with van der Waals surface area (Å²) in [4.78, 5) is 53.1. The van der Waals surface area contributed by atoms with Gasteiger partial charge < -0.3 is 14.4 Å². The van der Waals surface area contributed by atoms with Crippen LogP contribution in [0, 0.1) is 5.92 Å². The van der Waals surface area contributed by atoms with Gasteiger partial charge in [-0.25, -0.2) is 0 Å². The number of benzene rings is 1. The first kappa shape index (κ1) is 29.5. The number of Topliss-reactive ketones (excluding diaryl/α,β-unsaturated/α-hetero) is 1. The third kappa shape index (κ3) is 10.9. The molecule has 1 unspecified atom stereocenters. The van der Waals surface area contributed by atoms with Crippen molar-refractivity contribution in [3.05, 3.63) is 35.9 Å². The molecule has 0 N–H and O–H groups in total. The summed E-state index contributed by atoms with van der Waals surface area (Å²) in [7, 11) is 0. The van der Waals surface area contributed by atoms with Crippen LogP contribution in [0.3, 0.4) is 0 Å². The highest BCUT2D eigenvalue weighted by atomic mass is 16.5. The molecule has 0 radical (unpaired) electrons. The predicted octanol–water partition coefficient (Wildman–Crippen LogP) is 3.76. The topological polar surface area (TPSA) is 93.2 Å². The quantitative estimate of drug-likeness (QED) is 0.266. The SMILES string of the molecule is CCCCCC(=O)CN1CCN(C(=O)CCCC(=O)OCc2ccccc2)CC1COC(=O)C(C)C. The van der Waals surface area contributed by atoms with Crippen LogP contribution in [-0.2, 0) is 35.3 Å². The molecule has 8 heteroatoms. The summed E-state index contributed by atoms with van der Waals surface area (Å²) in [6.45, 7) is 7.79. The monoisotopic (exact) mass is 502 g/mol. The second-order valence-corrected chi connectivity index (χ2v) is 9.74. The van der Waals surface area contributed by atoms with E-state index in [0.29, 0.717) is 39.0 Å². The lowest BCUT2D eigenvalue weighted by atomic mass is 10.1. The predicted molar refractivity (Wildman–Crippen MR) is 137 cm³/mol. The van der Waals surface area contributed by atoms with Crippen molar-refractivity contribution in [2.45, 2.75) is 78.4 Å². The number of piperazine rings is 1. The van der Waals surface area contributed by atoms with Gasteiger partial charge in [-0.2, -0.15) is 0 Å². The Labute approximate surface area is 215 Å². The van der Waals surface area contributed by atoms with E-state index in [-0.39, 0.29) is 61.6 Å². The van der Waals surface area contributed by atoms with Crippen molar-refractivity contribution in [1.82, 2.24) is 9.80 Å². The van der Waals surface area contributed by atoms with E-state index in [1.165, 1.54) is 0 Å². The van der Waals surface area contributed by atoms with E-state index in [2.05, 4.69) is 6.92 Å². The third-order valence-electron chi connectivity index (χ3n) is 6.30. The molecule has 1 heterocycles. The van der Waals surface area contributed by atoms with Crippen LogP contribution >= 0.6 is 0 Å². The number of ether oxygens (including phenoxy) is 2. The Morgan fingerprint density at radius 1 is 0.944 bits per heavy atom. The fourth-order valence-corrected chi connectivity index (χ4v) is 4.06. The largest absolute Gasteiger partial charge is 0.464 e. The Morgan fingerprint density at radius 2 is 1.69 bits per heavy atom. The number of carbonyl (C=O) groups is 4. The molecule has 1 aliphatic rings. The molecule has 0 bridgehead atoms. The lowest BCUT2D eigenvalue weighted by Gasteiger charge is -2.41. The second-order valence-electron chi connectivity index (χ2n) is 9.74. The van der Waals surface area contributed by atoms with E-state index >= 15 is 0 Å². The molecule has 0 spiro atoms. The van der Waals surface area contributed by atoms with Crippen LogP contribution in [0.5, 0.6) is 0 Å². The Kier molecular flexibility index (Phi) is 13.2. The Morgan fingerprint density at radius 3 is 2.39 bits per heavy atom. The summed E-state index contributed by atoms with van der Waals surface area (Å²) < 4.78 is 10.7. The number of amides is 1. The van der Waals surface area contributed by atoms with E-state index in [0.717, 1.165) is 24.8 Å². The first-order chi connectivity index (χ1) is 17.3. The zero-order valence-electron chi connectivity index (χ0n) is 22.1. The van der Waals surface area contributed by atoms with Crippen molar-refractivity contribution < 1.29 is 28.7 Å². The molecule has 0 aliphatic carbocycles. The first-order valence-corrected chi connectivity index (χ1v) is 13.2. The number of esters is 2. The van der Waals surface area contributed by atoms with Crippen LogP contribution in [0.2, 0.25) is 0 Å². The molecule has 8 nitrogen and oxygen atoms in total. The van der Waals surface area contributed by atoms with Gasteiger partial charge in [0.2, 0.25) is 5.91 Å². The Balaban J connectivity index is 1.82. The highest BCUT2D eigenvalue weighted by Gasteiger charge is 2.31. The molecule has 1 aromatic rings. The highest BCUT2D eigenvalue weighted by Crippen LogP contribution is 2.15. The van der Waals surface area contributed by atoms with Crippen LogP contribution in [0.15, 0.2) is 30.3 Å². The minimum absolute atomic E-state index is 0.0417. The molecule has 1 aromatic carbocycles. The first-order valence-electron chi connectivity index (χ1n) is 13.2. The number of unbranched alkanes of at least 4 members (excludes halogenated alkanes) is 2. The lowest BCUT2D eigenvalue weighted by Crippen LogP contribution is -2.57. The van der Waals surface area contributed by atoms with E-state index in [1.807, 2.05) is 35.2 Å².